The largest absolute Gasteiger partial charge is 0.573 e. The van der Waals surface area contributed by atoms with Gasteiger partial charge in [0.25, 0.3) is 0 Å². The molecule has 0 saturated carbocycles. The van der Waals surface area contributed by atoms with Gasteiger partial charge in [-0.3, -0.25) is 4.79 Å². The molecule has 0 aliphatic heterocycles. The minimum absolute atomic E-state index is 0.292. The Kier molecular flexibility index (Phi) is 3.18. The summed E-state index contributed by atoms with van der Waals surface area (Å²) in [6.45, 7) is 1.31. The van der Waals surface area contributed by atoms with E-state index in [9.17, 15) is 18.0 Å². The van der Waals surface area contributed by atoms with Gasteiger partial charge < -0.3 is 10.1 Å². The van der Waals surface area contributed by atoms with Gasteiger partial charge in [0.1, 0.15) is 5.75 Å². The van der Waals surface area contributed by atoms with Crippen LogP contribution in [0.25, 0.3) is 0 Å². The maximum Gasteiger partial charge on any atom is 0.573 e. The van der Waals surface area contributed by atoms with Gasteiger partial charge in [0.05, 0.1) is 0 Å². The van der Waals surface area contributed by atoms with Crippen LogP contribution in [0.4, 0.5) is 18.9 Å². The number of rotatable bonds is 2. The standard InChI is InChI=1S/C9H8F3NO2/c1-6(14)13-7-2-4-8(5-3-7)15-9(10,11)12/h2-5H,1H3,(H,13,14). The molecular weight excluding hydrogens is 211 g/mol. The zero-order valence-corrected chi connectivity index (χ0v) is 7.76. The summed E-state index contributed by atoms with van der Waals surface area (Å²) < 4.78 is 38.9. The van der Waals surface area contributed by atoms with Gasteiger partial charge in [-0.1, -0.05) is 0 Å². The third-order valence-electron chi connectivity index (χ3n) is 1.41. The van der Waals surface area contributed by atoms with Gasteiger partial charge in [-0.15, -0.1) is 13.2 Å². The number of nitrogens with one attached hydrogen (secondary N) is 1. The summed E-state index contributed by atoms with van der Waals surface area (Å²) >= 11 is 0. The topological polar surface area (TPSA) is 38.3 Å². The lowest BCUT2D eigenvalue weighted by atomic mass is 10.3. The summed E-state index contributed by atoms with van der Waals surface area (Å²) in [5.74, 6) is -0.615. The van der Waals surface area contributed by atoms with Crippen molar-refractivity contribution in [1.82, 2.24) is 0 Å². The molecule has 0 heterocycles. The summed E-state index contributed by atoms with van der Waals surface area (Å²) in [7, 11) is 0. The smallest absolute Gasteiger partial charge is 0.406 e. The highest BCUT2D eigenvalue weighted by molar-refractivity contribution is 5.88. The maximum absolute atomic E-state index is 11.8. The molecule has 1 amide bonds. The van der Waals surface area contributed by atoms with E-state index < -0.39 is 6.36 Å². The lowest BCUT2D eigenvalue weighted by Gasteiger charge is -2.09. The lowest BCUT2D eigenvalue weighted by Crippen LogP contribution is -2.17. The molecule has 82 valence electrons. The number of anilines is 1. The molecule has 0 spiro atoms. The molecule has 0 aliphatic carbocycles. The van der Waals surface area contributed by atoms with Gasteiger partial charge in [-0.25, -0.2) is 0 Å². The van der Waals surface area contributed by atoms with Gasteiger partial charge >= 0.3 is 6.36 Å². The van der Waals surface area contributed by atoms with Gasteiger partial charge in [0.15, 0.2) is 0 Å². The van der Waals surface area contributed by atoms with E-state index in [-0.39, 0.29) is 11.7 Å². The number of hydrogen-bond donors (Lipinski definition) is 1. The van der Waals surface area contributed by atoms with Crippen LogP contribution in [0.5, 0.6) is 5.75 Å². The first-order valence-electron chi connectivity index (χ1n) is 4.00. The summed E-state index contributed by atoms with van der Waals surface area (Å²) in [5.41, 5.74) is 0.414. The van der Waals surface area contributed by atoms with Crippen LogP contribution in [0.3, 0.4) is 0 Å². The Labute approximate surface area is 83.8 Å². The molecule has 3 nitrogen and oxygen atoms in total. The molecule has 0 aliphatic rings. The van der Waals surface area contributed by atoms with Crippen molar-refractivity contribution >= 4 is 11.6 Å². The zero-order chi connectivity index (χ0) is 11.5. The predicted molar refractivity (Wildman–Crippen MR) is 47.4 cm³/mol. The van der Waals surface area contributed by atoms with E-state index in [1.807, 2.05) is 0 Å². The Morgan fingerprint density at radius 3 is 2.20 bits per heavy atom. The minimum atomic E-state index is -4.70. The Morgan fingerprint density at radius 2 is 1.80 bits per heavy atom. The quantitative estimate of drug-likeness (QED) is 0.830. The number of carbonyl (C=O) groups is 1. The van der Waals surface area contributed by atoms with Crippen LogP contribution >= 0.6 is 0 Å². The van der Waals surface area contributed by atoms with Crippen LogP contribution in [0.15, 0.2) is 24.3 Å². The fourth-order valence-electron chi connectivity index (χ4n) is 0.943. The maximum atomic E-state index is 11.8. The van der Waals surface area contributed by atoms with E-state index in [2.05, 4.69) is 10.1 Å². The summed E-state index contributed by atoms with van der Waals surface area (Å²) in [6.07, 6.45) is -4.70. The molecule has 0 aromatic heterocycles. The van der Waals surface area contributed by atoms with Crippen LogP contribution in [0, 0.1) is 0 Å². The summed E-state index contributed by atoms with van der Waals surface area (Å²) in [5, 5.41) is 2.42. The average molecular weight is 219 g/mol. The highest BCUT2D eigenvalue weighted by atomic mass is 19.4. The van der Waals surface area contributed by atoms with Gasteiger partial charge in [-0.05, 0) is 24.3 Å². The van der Waals surface area contributed by atoms with E-state index in [1.54, 1.807) is 0 Å². The first-order chi connectivity index (χ1) is 6.87. The number of ether oxygens (including phenoxy) is 1. The van der Waals surface area contributed by atoms with Crippen LogP contribution in [0.2, 0.25) is 0 Å². The van der Waals surface area contributed by atoms with Crippen LogP contribution in [0.1, 0.15) is 6.92 Å². The fraction of sp³-hybridized carbons (Fsp3) is 0.222. The van der Waals surface area contributed by atoms with Gasteiger partial charge in [0, 0.05) is 12.6 Å². The van der Waals surface area contributed by atoms with Crippen molar-refractivity contribution in [3.63, 3.8) is 0 Å². The van der Waals surface area contributed by atoms with Crippen molar-refractivity contribution in [2.75, 3.05) is 5.32 Å². The molecule has 6 heteroatoms. The molecule has 1 aromatic carbocycles. The van der Waals surface area contributed by atoms with Crippen molar-refractivity contribution < 1.29 is 22.7 Å². The number of amides is 1. The SMILES string of the molecule is CC(=O)Nc1ccc(OC(F)(F)F)cc1. The number of hydrogen-bond acceptors (Lipinski definition) is 2. The number of carbonyl (C=O) groups excluding carboxylic acids is 1. The third-order valence-corrected chi connectivity index (χ3v) is 1.41. The van der Waals surface area contributed by atoms with Crippen molar-refractivity contribution in [3.05, 3.63) is 24.3 Å². The van der Waals surface area contributed by atoms with E-state index in [1.165, 1.54) is 19.1 Å². The second-order valence-corrected chi connectivity index (χ2v) is 2.75. The first-order valence-corrected chi connectivity index (χ1v) is 4.00. The molecule has 15 heavy (non-hydrogen) atoms. The molecule has 1 aromatic rings. The second-order valence-electron chi connectivity index (χ2n) is 2.75. The Bertz CT molecular complexity index is 345. The number of halogens is 3. The number of benzene rings is 1. The first kappa shape index (κ1) is 11.4. The van der Waals surface area contributed by atoms with Crippen molar-refractivity contribution in [3.8, 4) is 5.75 Å². The highest BCUT2D eigenvalue weighted by Gasteiger charge is 2.30. The second kappa shape index (κ2) is 4.20. The molecular formula is C9H8F3NO2. The van der Waals surface area contributed by atoms with E-state index >= 15 is 0 Å². The summed E-state index contributed by atoms with van der Waals surface area (Å²) in [4.78, 5) is 10.6. The molecule has 0 atom stereocenters. The van der Waals surface area contributed by atoms with E-state index in [0.717, 1.165) is 12.1 Å². The van der Waals surface area contributed by atoms with Crippen LogP contribution < -0.4 is 10.1 Å². The Balaban J connectivity index is 2.68. The predicted octanol–water partition coefficient (Wildman–Crippen LogP) is 2.54. The Hall–Kier alpha value is -1.72. The van der Waals surface area contributed by atoms with Crippen molar-refractivity contribution in [1.29, 1.82) is 0 Å². The molecule has 0 radical (unpaired) electrons. The normalized spacial score (nSPS) is 10.9. The summed E-state index contributed by atoms with van der Waals surface area (Å²) in [6, 6.07) is 4.89. The minimum Gasteiger partial charge on any atom is -0.406 e. The average Bonchev–Trinajstić information content (AvgIpc) is 2.05. The highest BCUT2D eigenvalue weighted by Crippen LogP contribution is 2.23. The van der Waals surface area contributed by atoms with Gasteiger partial charge in [-0.2, -0.15) is 0 Å². The molecule has 0 saturated heterocycles. The fourth-order valence-corrected chi connectivity index (χ4v) is 0.943. The Morgan fingerprint density at radius 1 is 1.27 bits per heavy atom. The molecule has 0 unspecified atom stereocenters. The van der Waals surface area contributed by atoms with E-state index in [4.69, 9.17) is 0 Å². The third kappa shape index (κ3) is 4.35. The molecule has 0 fully saturated rings. The van der Waals surface area contributed by atoms with E-state index in [0.29, 0.717) is 5.69 Å². The van der Waals surface area contributed by atoms with Crippen LogP contribution in [-0.2, 0) is 4.79 Å². The van der Waals surface area contributed by atoms with Gasteiger partial charge in [0.2, 0.25) is 5.91 Å². The van der Waals surface area contributed by atoms with Crippen molar-refractivity contribution in [2.45, 2.75) is 13.3 Å². The monoisotopic (exact) mass is 219 g/mol. The number of alkyl halides is 3. The molecule has 1 rings (SSSR count). The van der Waals surface area contributed by atoms with Crippen molar-refractivity contribution in [2.24, 2.45) is 0 Å². The molecule has 1 N–H and O–H groups in total. The van der Waals surface area contributed by atoms with Crippen LogP contribution in [-0.4, -0.2) is 12.3 Å². The lowest BCUT2D eigenvalue weighted by molar-refractivity contribution is -0.274. The zero-order valence-electron chi connectivity index (χ0n) is 7.76. The molecule has 0 bridgehead atoms.